The van der Waals surface area contributed by atoms with Gasteiger partial charge >= 0.3 is 0 Å². The van der Waals surface area contributed by atoms with Gasteiger partial charge in [0.15, 0.2) is 0 Å². The molecule has 0 heterocycles. The standard InChI is InChI=1S/C15H15ClN2O2/c1-10-5-11(2)7-12(6-10)9-17-15-8-13(18(19)20)3-4-14(15)16/h3-8,17H,9H2,1-2H3. The summed E-state index contributed by atoms with van der Waals surface area (Å²) in [6.45, 7) is 4.65. The molecule has 0 aliphatic carbocycles. The summed E-state index contributed by atoms with van der Waals surface area (Å²) < 4.78 is 0. The van der Waals surface area contributed by atoms with E-state index in [1.165, 1.54) is 29.3 Å². The van der Waals surface area contributed by atoms with Gasteiger partial charge in [-0.15, -0.1) is 0 Å². The molecule has 4 nitrogen and oxygen atoms in total. The molecule has 2 aromatic rings. The fourth-order valence-corrected chi connectivity index (χ4v) is 2.31. The first-order valence-electron chi connectivity index (χ1n) is 6.20. The second-order valence-corrected chi connectivity index (χ2v) is 5.18. The fourth-order valence-electron chi connectivity index (χ4n) is 2.13. The molecule has 0 aliphatic rings. The lowest BCUT2D eigenvalue weighted by Crippen LogP contribution is -2.01. The van der Waals surface area contributed by atoms with Gasteiger partial charge in [0.2, 0.25) is 0 Å². The molecule has 0 aromatic heterocycles. The number of hydrogen-bond acceptors (Lipinski definition) is 3. The molecule has 0 bridgehead atoms. The molecule has 0 aliphatic heterocycles. The third kappa shape index (κ3) is 3.48. The van der Waals surface area contributed by atoms with Crippen molar-refractivity contribution in [3.63, 3.8) is 0 Å². The van der Waals surface area contributed by atoms with Crippen LogP contribution in [0.25, 0.3) is 0 Å². The number of rotatable bonds is 4. The summed E-state index contributed by atoms with van der Waals surface area (Å²) in [6.07, 6.45) is 0. The Morgan fingerprint density at radius 2 is 1.80 bits per heavy atom. The van der Waals surface area contributed by atoms with E-state index in [1.807, 2.05) is 13.8 Å². The Balaban J connectivity index is 2.18. The van der Waals surface area contributed by atoms with Gasteiger partial charge in [-0.2, -0.15) is 0 Å². The normalized spacial score (nSPS) is 10.3. The van der Waals surface area contributed by atoms with Crippen LogP contribution in [-0.2, 0) is 6.54 Å². The van der Waals surface area contributed by atoms with E-state index in [-0.39, 0.29) is 5.69 Å². The third-order valence-electron chi connectivity index (χ3n) is 2.93. The molecule has 0 saturated heterocycles. The molecule has 0 amide bonds. The van der Waals surface area contributed by atoms with Crippen molar-refractivity contribution in [2.45, 2.75) is 20.4 Å². The van der Waals surface area contributed by atoms with Crippen molar-refractivity contribution < 1.29 is 4.92 Å². The van der Waals surface area contributed by atoms with Crippen LogP contribution in [0.5, 0.6) is 0 Å². The molecule has 0 unspecified atom stereocenters. The third-order valence-corrected chi connectivity index (χ3v) is 3.25. The number of hydrogen-bond donors (Lipinski definition) is 1. The summed E-state index contributed by atoms with van der Waals surface area (Å²) in [5.74, 6) is 0. The van der Waals surface area contributed by atoms with Gasteiger partial charge in [0.05, 0.1) is 15.6 Å². The van der Waals surface area contributed by atoms with Crippen LogP contribution in [-0.4, -0.2) is 4.92 Å². The van der Waals surface area contributed by atoms with Gasteiger partial charge in [-0.1, -0.05) is 40.9 Å². The van der Waals surface area contributed by atoms with E-state index in [1.54, 1.807) is 0 Å². The molecule has 20 heavy (non-hydrogen) atoms. The minimum atomic E-state index is -0.432. The zero-order chi connectivity index (χ0) is 14.7. The quantitative estimate of drug-likeness (QED) is 0.667. The maximum Gasteiger partial charge on any atom is 0.271 e. The lowest BCUT2D eigenvalue weighted by atomic mass is 10.1. The van der Waals surface area contributed by atoms with Crippen molar-refractivity contribution in [1.29, 1.82) is 0 Å². The van der Waals surface area contributed by atoms with Crippen LogP contribution in [0.15, 0.2) is 36.4 Å². The smallest absolute Gasteiger partial charge is 0.271 e. The highest BCUT2D eigenvalue weighted by atomic mass is 35.5. The van der Waals surface area contributed by atoms with Crippen molar-refractivity contribution in [1.82, 2.24) is 0 Å². The van der Waals surface area contributed by atoms with Crippen molar-refractivity contribution in [2.24, 2.45) is 0 Å². The number of aryl methyl sites for hydroxylation is 2. The van der Waals surface area contributed by atoms with Gasteiger partial charge in [0.25, 0.3) is 5.69 Å². The molecule has 0 spiro atoms. The number of nitro benzene ring substituents is 1. The lowest BCUT2D eigenvalue weighted by molar-refractivity contribution is -0.384. The summed E-state index contributed by atoms with van der Waals surface area (Å²) in [6, 6.07) is 10.6. The topological polar surface area (TPSA) is 55.2 Å². The monoisotopic (exact) mass is 290 g/mol. The Labute approximate surface area is 122 Å². The van der Waals surface area contributed by atoms with Crippen molar-refractivity contribution in [3.8, 4) is 0 Å². The van der Waals surface area contributed by atoms with Crippen LogP contribution in [0.2, 0.25) is 5.02 Å². The fraction of sp³-hybridized carbons (Fsp3) is 0.200. The number of nitrogens with zero attached hydrogens (tertiary/aromatic N) is 1. The number of non-ortho nitro benzene ring substituents is 1. The van der Waals surface area contributed by atoms with Gasteiger partial charge in [-0.05, 0) is 25.5 Å². The van der Waals surface area contributed by atoms with Crippen LogP contribution in [0.3, 0.4) is 0 Å². The van der Waals surface area contributed by atoms with Crippen molar-refractivity contribution >= 4 is 23.0 Å². The lowest BCUT2D eigenvalue weighted by Gasteiger charge is -2.10. The molecule has 0 atom stereocenters. The van der Waals surface area contributed by atoms with Crippen LogP contribution in [0.4, 0.5) is 11.4 Å². The minimum absolute atomic E-state index is 0.0253. The van der Waals surface area contributed by atoms with Crippen molar-refractivity contribution in [3.05, 3.63) is 68.2 Å². The Morgan fingerprint density at radius 1 is 1.15 bits per heavy atom. The van der Waals surface area contributed by atoms with E-state index in [0.29, 0.717) is 17.3 Å². The SMILES string of the molecule is Cc1cc(C)cc(CNc2cc([N+](=O)[O-])ccc2Cl)c1. The summed E-state index contributed by atoms with van der Waals surface area (Å²) in [7, 11) is 0. The molecule has 104 valence electrons. The molecule has 0 fully saturated rings. The number of nitrogens with one attached hydrogen (secondary N) is 1. The summed E-state index contributed by atoms with van der Waals surface area (Å²) in [5, 5.41) is 14.4. The number of anilines is 1. The van der Waals surface area contributed by atoms with E-state index < -0.39 is 4.92 Å². The first-order chi connectivity index (χ1) is 9.45. The largest absolute Gasteiger partial charge is 0.380 e. The van der Waals surface area contributed by atoms with Gasteiger partial charge in [-0.25, -0.2) is 0 Å². The molecule has 2 aromatic carbocycles. The average molecular weight is 291 g/mol. The Kier molecular flexibility index (Phi) is 4.25. The van der Waals surface area contributed by atoms with E-state index in [4.69, 9.17) is 11.6 Å². The summed E-state index contributed by atoms with van der Waals surface area (Å²) in [4.78, 5) is 10.3. The first-order valence-corrected chi connectivity index (χ1v) is 6.58. The molecular formula is C15H15ClN2O2. The summed E-state index contributed by atoms with van der Waals surface area (Å²) >= 11 is 6.04. The highest BCUT2D eigenvalue weighted by molar-refractivity contribution is 6.33. The minimum Gasteiger partial charge on any atom is -0.380 e. The predicted molar refractivity (Wildman–Crippen MR) is 81.3 cm³/mol. The van der Waals surface area contributed by atoms with Crippen LogP contribution >= 0.6 is 11.6 Å². The zero-order valence-corrected chi connectivity index (χ0v) is 12.1. The molecule has 2 rings (SSSR count). The Morgan fingerprint density at radius 3 is 2.40 bits per heavy atom. The number of nitro groups is 1. The Bertz CT molecular complexity index is 636. The second-order valence-electron chi connectivity index (χ2n) is 4.77. The molecule has 5 heteroatoms. The van der Waals surface area contributed by atoms with Gasteiger partial charge in [-0.3, -0.25) is 10.1 Å². The molecular weight excluding hydrogens is 276 g/mol. The van der Waals surface area contributed by atoms with Gasteiger partial charge < -0.3 is 5.32 Å². The molecule has 1 N–H and O–H groups in total. The summed E-state index contributed by atoms with van der Waals surface area (Å²) in [5.41, 5.74) is 4.08. The highest BCUT2D eigenvalue weighted by Crippen LogP contribution is 2.27. The number of halogens is 1. The highest BCUT2D eigenvalue weighted by Gasteiger charge is 2.09. The van der Waals surface area contributed by atoms with Gasteiger partial charge in [0, 0.05) is 18.7 Å². The average Bonchev–Trinajstić information content (AvgIpc) is 2.36. The maximum absolute atomic E-state index is 10.8. The van der Waals surface area contributed by atoms with E-state index in [0.717, 1.165) is 5.56 Å². The predicted octanol–water partition coefficient (Wildman–Crippen LogP) is 4.48. The number of benzene rings is 2. The van der Waals surface area contributed by atoms with Gasteiger partial charge in [0.1, 0.15) is 0 Å². The molecule has 0 saturated carbocycles. The van der Waals surface area contributed by atoms with E-state index in [2.05, 4.69) is 23.5 Å². The Hall–Kier alpha value is -2.07. The second kappa shape index (κ2) is 5.92. The molecule has 0 radical (unpaired) electrons. The van der Waals surface area contributed by atoms with Crippen molar-refractivity contribution in [2.75, 3.05) is 5.32 Å². The zero-order valence-electron chi connectivity index (χ0n) is 11.3. The van der Waals surface area contributed by atoms with Crippen LogP contribution in [0, 0.1) is 24.0 Å². The maximum atomic E-state index is 10.8. The first kappa shape index (κ1) is 14.3. The van der Waals surface area contributed by atoms with E-state index >= 15 is 0 Å². The van der Waals surface area contributed by atoms with Crippen LogP contribution in [0.1, 0.15) is 16.7 Å². The van der Waals surface area contributed by atoms with Crippen LogP contribution < -0.4 is 5.32 Å². The van der Waals surface area contributed by atoms with E-state index in [9.17, 15) is 10.1 Å².